The molecule has 2 aromatic rings. The lowest BCUT2D eigenvalue weighted by Crippen LogP contribution is -2.33. The second kappa shape index (κ2) is 8.79. The van der Waals surface area contributed by atoms with Crippen LogP contribution in [0, 0.1) is 5.82 Å². The SMILES string of the molecule is CN(CC(=O)OCC(=O)c1ccc(Cl)cc1Cl)S(=O)(=O)c1ccc(F)cc1. The molecule has 0 fully saturated rings. The van der Waals surface area contributed by atoms with E-state index in [0.29, 0.717) is 5.02 Å². The standard InChI is InChI=1S/C17H14Cl2FNO5S/c1-21(27(24,25)13-5-3-12(20)4-6-13)9-17(23)26-10-16(22)14-7-2-11(18)8-15(14)19/h2-8H,9-10H2,1H3. The molecule has 0 saturated heterocycles. The number of benzene rings is 2. The summed E-state index contributed by atoms with van der Waals surface area (Å²) in [5, 5.41) is 0.459. The van der Waals surface area contributed by atoms with Crippen molar-refractivity contribution in [3.8, 4) is 0 Å². The predicted molar refractivity (Wildman–Crippen MR) is 98.0 cm³/mol. The largest absolute Gasteiger partial charge is 0.456 e. The highest BCUT2D eigenvalue weighted by atomic mass is 35.5. The Morgan fingerprint density at radius 1 is 1.11 bits per heavy atom. The molecule has 6 nitrogen and oxygen atoms in total. The minimum Gasteiger partial charge on any atom is -0.456 e. The molecule has 2 rings (SSSR count). The number of ether oxygens (including phenoxy) is 1. The molecule has 0 aliphatic carbocycles. The molecule has 0 N–H and O–H groups in total. The van der Waals surface area contributed by atoms with E-state index >= 15 is 0 Å². The normalized spacial score (nSPS) is 11.4. The maximum Gasteiger partial charge on any atom is 0.321 e. The first-order chi connectivity index (χ1) is 12.6. The van der Waals surface area contributed by atoms with E-state index < -0.39 is 40.7 Å². The van der Waals surface area contributed by atoms with E-state index in [-0.39, 0.29) is 15.5 Å². The van der Waals surface area contributed by atoms with Gasteiger partial charge < -0.3 is 4.74 Å². The third-order valence-electron chi connectivity index (χ3n) is 3.47. The number of likely N-dealkylation sites (N-methyl/N-ethyl adjacent to an activating group) is 1. The molecule has 10 heteroatoms. The minimum absolute atomic E-state index is 0.111. The fraction of sp³-hybridized carbons (Fsp3) is 0.176. The number of rotatable bonds is 7. The van der Waals surface area contributed by atoms with E-state index in [9.17, 15) is 22.4 Å². The van der Waals surface area contributed by atoms with Gasteiger partial charge in [-0.25, -0.2) is 12.8 Å². The molecule has 0 atom stereocenters. The maximum atomic E-state index is 12.9. The van der Waals surface area contributed by atoms with Gasteiger partial charge in [0.2, 0.25) is 15.8 Å². The fourth-order valence-corrected chi connectivity index (χ4v) is 3.67. The highest BCUT2D eigenvalue weighted by Crippen LogP contribution is 2.21. The number of hydrogen-bond donors (Lipinski definition) is 0. The van der Waals surface area contributed by atoms with Gasteiger partial charge in [-0.3, -0.25) is 9.59 Å². The summed E-state index contributed by atoms with van der Waals surface area (Å²) < 4.78 is 43.1. The lowest BCUT2D eigenvalue weighted by Gasteiger charge is -2.16. The second-order valence-corrected chi connectivity index (χ2v) is 8.31. The van der Waals surface area contributed by atoms with Crippen LogP contribution in [0.3, 0.4) is 0 Å². The van der Waals surface area contributed by atoms with Crippen LogP contribution in [0.5, 0.6) is 0 Å². The van der Waals surface area contributed by atoms with Gasteiger partial charge in [-0.1, -0.05) is 23.2 Å². The molecule has 0 aliphatic heterocycles. The first kappa shape index (κ1) is 21.3. The van der Waals surface area contributed by atoms with Crippen molar-refractivity contribution in [2.24, 2.45) is 0 Å². The highest BCUT2D eigenvalue weighted by molar-refractivity contribution is 7.89. The van der Waals surface area contributed by atoms with E-state index in [1.807, 2.05) is 0 Å². The number of Topliss-reactive ketones (excluding diaryl/α,β-unsaturated/α-hetero) is 1. The number of esters is 1. The number of nitrogens with zero attached hydrogens (tertiary/aromatic N) is 1. The summed E-state index contributed by atoms with van der Waals surface area (Å²) in [5.41, 5.74) is 0.126. The average Bonchev–Trinajstić information content (AvgIpc) is 2.60. The Morgan fingerprint density at radius 3 is 2.33 bits per heavy atom. The van der Waals surface area contributed by atoms with Crippen molar-refractivity contribution in [1.29, 1.82) is 0 Å². The molecule has 0 amide bonds. The number of hydrogen-bond acceptors (Lipinski definition) is 5. The minimum atomic E-state index is -4.01. The van der Waals surface area contributed by atoms with Gasteiger partial charge >= 0.3 is 5.97 Å². The Morgan fingerprint density at radius 2 is 1.74 bits per heavy atom. The Kier molecular flexibility index (Phi) is 6.94. The van der Waals surface area contributed by atoms with E-state index in [2.05, 4.69) is 0 Å². The van der Waals surface area contributed by atoms with E-state index in [1.165, 1.54) is 18.2 Å². The molecule has 144 valence electrons. The Bertz CT molecular complexity index is 964. The molecule has 0 radical (unpaired) electrons. The molecule has 0 heterocycles. The highest BCUT2D eigenvalue weighted by Gasteiger charge is 2.24. The van der Waals surface area contributed by atoms with Crippen molar-refractivity contribution in [3.63, 3.8) is 0 Å². The lowest BCUT2D eigenvalue weighted by atomic mass is 10.1. The molecule has 0 aliphatic rings. The van der Waals surface area contributed by atoms with Crippen molar-refractivity contribution < 1.29 is 27.1 Å². The van der Waals surface area contributed by atoms with Gasteiger partial charge in [-0.2, -0.15) is 4.31 Å². The molecular formula is C17H14Cl2FNO5S. The van der Waals surface area contributed by atoms with Crippen LogP contribution in [0.25, 0.3) is 0 Å². The van der Waals surface area contributed by atoms with Gasteiger partial charge in [-0.05, 0) is 42.5 Å². The summed E-state index contributed by atoms with van der Waals surface area (Å²) in [7, 11) is -2.84. The molecule has 2 aromatic carbocycles. The molecule has 27 heavy (non-hydrogen) atoms. The second-order valence-electron chi connectivity index (χ2n) is 5.42. The van der Waals surface area contributed by atoms with Crippen LogP contribution in [0.4, 0.5) is 4.39 Å². The monoisotopic (exact) mass is 433 g/mol. The van der Waals surface area contributed by atoms with Crippen molar-refractivity contribution in [2.45, 2.75) is 4.90 Å². The van der Waals surface area contributed by atoms with E-state index in [0.717, 1.165) is 35.6 Å². The number of sulfonamides is 1. The van der Waals surface area contributed by atoms with Crippen molar-refractivity contribution in [1.82, 2.24) is 4.31 Å². The summed E-state index contributed by atoms with van der Waals surface area (Å²) >= 11 is 11.6. The Labute approximate surface area is 165 Å². The number of ketones is 1. The van der Waals surface area contributed by atoms with Crippen LogP contribution in [-0.4, -0.2) is 44.7 Å². The zero-order valence-corrected chi connectivity index (χ0v) is 16.3. The summed E-state index contributed by atoms with van der Waals surface area (Å²) in [5.74, 6) is -2.08. The van der Waals surface area contributed by atoms with Gasteiger partial charge in [0.05, 0.1) is 9.92 Å². The van der Waals surface area contributed by atoms with Crippen LogP contribution in [0.2, 0.25) is 10.0 Å². The average molecular weight is 434 g/mol. The zero-order chi connectivity index (χ0) is 20.2. The maximum absolute atomic E-state index is 12.9. The molecule has 0 bridgehead atoms. The summed E-state index contributed by atoms with van der Waals surface area (Å²) in [4.78, 5) is 23.7. The van der Waals surface area contributed by atoms with Crippen LogP contribution in [0.15, 0.2) is 47.4 Å². The lowest BCUT2D eigenvalue weighted by molar-refractivity contribution is -0.142. The molecule has 0 saturated carbocycles. The predicted octanol–water partition coefficient (Wildman–Crippen LogP) is 3.18. The first-order valence-electron chi connectivity index (χ1n) is 7.47. The van der Waals surface area contributed by atoms with Gasteiger partial charge in [0.1, 0.15) is 12.4 Å². The van der Waals surface area contributed by atoms with Crippen molar-refractivity contribution in [2.75, 3.05) is 20.2 Å². The van der Waals surface area contributed by atoms with Gasteiger partial charge in [-0.15, -0.1) is 0 Å². The molecular weight excluding hydrogens is 420 g/mol. The van der Waals surface area contributed by atoms with Crippen molar-refractivity contribution in [3.05, 3.63) is 63.9 Å². The van der Waals surface area contributed by atoms with Crippen LogP contribution in [-0.2, 0) is 19.6 Å². The van der Waals surface area contributed by atoms with E-state index in [1.54, 1.807) is 0 Å². The number of halogens is 3. The molecule has 0 spiro atoms. The van der Waals surface area contributed by atoms with Crippen molar-refractivity contribution >= 4 is 45.0 Å². The van der Waals surface area contributed by atoms with Crippen LogP contribution < -0.4 is 0 Å². The molecule has 0 unspecified atom stereocenters. The van der Waals surface area contributed by atoms with Gasteiger partial charge in [0.15, 0.2) is 6.61 Å². The van der Waals surface area contributed by atoms with Crippen LogP contribution in [0.1, 0.15) is 10.4 Å². The molecule has 0 aromatic heterocycles. The third-order valence-corrected chi connectivity index (χ3v) is 5.83. The number of carbonyl (C=O) groups excluding carboxylic acids is 2. The summed E-state index contributed by atoms with van der Waals surface area (Å²) in [6, 6.07) is 8.39. The third kappa shape index (κ3) is 5.49. The van der Waals surface area contributed by atoms with Gasteiger partial charge in [0.25, 0.3) is 0 Å². The Hall–Kier alpha value is -2.00. The summed E-state index contributed by atoms with van der Waals surface area (Å²) in [6.07, 6.45) is 0. The van der Waals surface area contributed by atoms with E-state index in [4.69, 9.17) is 27.9 Å². The first-order valence-corrected chi connectivity index (χ1v) is 9.66. The topological polar surface area (TPSA) is 80.8 Å². The number of carbonyl (C=O) groups is 2. The fourth-order valence-electron chi connectivity index (χ4n) is 2.04. The quantitative estimate of drug-likeness (QED) is 0.494. The summed E-state index contributed by atoms with van der Waals surface area (Å²) in [6.45, 7) is -1.23. The Balaban J connectivity index is 1.96. The van der Waals surface area contributed by atoms with Gasteiger partial charge in [0, 0.05) is 17.6 Å². The zero-order valence-electron chi connectivity index (χ0n) is 14.0. The smallest absolute Gasteiger partial charge is 0.321 e. The van der Waals surface area contributed by atoms with Crippen LogP contribution >= 0.6 is 23.2 Å².